The van der Waals surface area contributed by atoms with Gasteiger partial charge in [-0.05, 0) is 34.1 Å². The lowest BCUT2D eigenvalue weighted by Crippen LogP contribution is -2.29. The van der Waals surface area contributed by atoms with E-state index >= 15 is 0 Å². The normalized spacial score (nSPS) is 19.1. The van der Waals surface area contributed by atoms with Gasteiger partial charge in [0.1, 0.15) is 0 Å². The fourth-order valence-corrected chi connectivity index (χ4v) is 4.77. The van der Waals surface area contributed by atoms with Crippen molar-refractivity contribution in [2.75, 3.05) is 12.3 Å². The molecule has 1 aromatic heterocycles. The summed E-state index contributed by atoms with van der Waals surface area (Å²) in [6.07, 6.45) is 1.88. The van der Waals surface area contributed by atoms with E-state index in [2.05, 4.69) is 57.5 Å². The van der Waals surface area contributed by atoms with Crippen LogP contribution in [-0.4, -0.2) is 22.1 Å². The molecule has 5 heteroatoms. The highest BCUT2D eigenvalue weighted by Crippen LogP contribution is 2.46. The molecule has 0 saturated heterocycles. The van der Waals surface area contributed by atoms with Gasteiger partial charge in [0, 0.05) is 23.6 Å². The fraction of sp³-hybridized carbons (Fsp3) is 0.400. The molecule has 0 saturated carbocycles. The molecular formula is C15H18BrN3S. The average molecular weight is 352 g/mol. The van der Waals surface area contributed by atoms with Crippen molar-refractivity contribution < 1.29 is 0 Å². The van der Waals surface area contributed by atoms with Crippen molar-refractivity contribution in [3.63, 3.8) is 0 Å². The number of nitrogens with zero attached hydrogens (tertiary/aromatic N) is 2. The number of aromatic nitrogens is 2. The highest BCUT2D eigenvalue weighted by Gasteiger charge is 2.33. The van der Waals surface area contributed by atoms with Gasteiger partial charge in [-0.1, -0.05) is 25.1 Å². The summed E-state index contributed by atoms with van der Waals surface area (Å²) in [6, 6.07) is 9.03. The quantitative estimate of drug-likeness (QED) is 0.910. The van der Waals surface area contributed by atoms with Gasteiger partial charge in [-0.3, -0.25) is 4.68 Å². The van der Waals surface area contributed by atoms with Gasteiger partial charge in [-0.2, -0.15) is 5.10 Å². The van der Waals surface area contributed by atoms with Crippen molar-refractivity contribution in [1.82, 2.24) is 15.1 Å². The molecule has 2 atom stereocenters. The van der Waals surface area contributed by atoms with Crippen LogP contribution in [-0.2, 0) is 7.05 Å². The molecule has 1 aliphatic rings. The number of benzene rings is 1. The minimum absolute atomic E-state index is 0.290. The molecule has 1 N–H and O–H groups in total. The van der Waals surface area contributed by atoms with E-state index in [1.54, 1.807) is 0 Å². The molecule has 1 aromatic carbocycles. The van der Waals surface area contributed by atoms with E-state index in [0.29, 0.717) is 5.92 Å². The first kappa shape index (κ1) is 14.2. The first-order valence-electron chi connectivity index (χ1n) is 6.85. The predicted molar refractivity (Wildman–Crippen MR) is 87.2 cm³/mol. The van der Waals surface area contributed by atoms with Crippen molar-refractivity contribution in [3.05, 3.63) is 46.2 Å². The standard InChI is InChI=1S/C15H18BrN3S/c1-3-17-14(15-12(16)8-18-19(15)2)11-9-20-13-7-5-4-6-10(11)13/h4-8,11,14,17H,3,9H2,1-2H3. The van der Waals surface area contributed by atoms with Crippen molar-refractivity contribution in [1.29, 1.82) is 0 Å². The molecule has 106 valence electrons. The van der Waals surface area contributed by atoms with Gasteiger partial charge < -0.3 is 5.32 Å². The molecule has 3 nitrogen and oxygen atoms in total. The van der Waals surface area contributed by atoms with Crippen LogP contribution in [0.2, 0.25) is 0 Å². The zero-order valence-electron chi connectivity index (χ0n) is 11.6. The number of nitrogens with one attached hydrogen (secondary N) is 1. The highest BCUT2D eigenvalue weighted by atomic mass is 79.9. The monoisotopic (exact) mass is 351 g/mol. The summed E-state index contributed by atoms with van der Waals surface area (Å²) in [4.78, 5) is 1.42. The summed E-state index contributed by atoms with van der Waals surface area (Å²) in [5.74, 6) is 1.61. The Balaban J connectivity index is 2.01. The zero-order chi connectivity index (χ0) is 14.1. The number of aryl methyl sites for hydroxylation is 1. The lowest BCUT2D eigenvalue weighted by molar-refractivity contribution is 0.452. The van der Waals surface area contributed by atoms with Crippen molar-refractivity contribution in [2.24, 2.45) is 7.05 Å². The van der Waals surface area contributed by atoms with Crippen molar-refractivity contribution >= 4 is 27.7 Å². The van der Waals surface area contributed by atoms with Crippen LogP contribution in [0.25, 0.3) is 0 Å². The van der Waals surface area contributed by atoms with Gasteiger partial charge in [0.15, 0.2) is 0 Å². The summed E-state index contributed by atoms with van der Waals surface area (Å²) in [5.41, 5.74) is 2.69. The van der Waals surface area contributed by atoms with E-state index in [1.807, 2.05) is 29.7 Å². The van der Waals surface area contributed by atoms with Crippen LogP contribution in [0.1, 0.15) is 30.1 Å². The summed E-state index contributed by atoms with van der Waals surface area (Å²) in [5, 5.41) is 8.02. The van der Waals surface area contributed by atoms with Crippen LogP contribution in [0.3, 0.4) is 0 Å². The maximum atomic E-state index is 4.37. The Hall–Kier alpha value is -0.780. The number of fused-ring (bicyclic) bond motifs is 1. The SMILES string of the molecule is CCNC(c1c(Br)cnn1C)C1CSc2ccccc21. The molecule has 0 bridgehead atoms. The van der Waals surface area contributed by atoms with E-state index in [4.69, 9.17) is 0 Å². The second-order valence-corrected chi connectivity index (χ2v) is 6.91. The van der Waals surface area contributed by atoms with Crippen LogP contribution < -0.4 is 5.32 Å². The summed E-state index contributed by atoms with van der Waals surface area (Å²) in [6.45, 7) is 3.11. The lowest BCUT2D eigenvalue weighted by Gasteiger charge is -2.25. The van der Waals surface area contributed by atoms with Crippen LogP contribution in [0.5, 0.6) is 0 Å². The number of hydrogen-bond acceptors (Lipinski definition) is 3. The van der Waals surface area contributed by atoms with Gasteiger partial charge >= 0.3 is 0 Å². The van der Waals surface area contributed by atoms with Gasteiger partial charge in [-0.25, -0.2) is 0 Å². The molecule has 2 unspecified atom stereocenters. The van der Waals surface area contributed by atoms with E-state index in [1.165, 1.54) is 16.2 Å². The van der Waals surface area contributed by atoms with Gasteiger partial charge in [0.2, 0.25) is 0 Å². The van der Waals surface area contributed by atoms with Crippen molar-refractivity contribution in [2.45, 2.75) is 23.8 Å². The molecule has 0 aliphatic carbocycles. The minimum Gasteiger partial charge on any atom is -0.308 e. The molecule has 20 heavy (non-hydrogen) atoms. The zero-order valence-corrected chi connectivity index (χ0v) is 14.0. The molecule has 2 heterocycles. The summed E-state index contributed by atoms with van der Waals surface area (Å²) in [7, 11) is 2.01. The maximum Gasteiger partial charge on any atom is 0.0698 e. The Morgan fingerprint density at radius 1 is 1.50 bits per heavy atom. The molecule has 0 spiro atoms. The van der Waals surface area contributed by atoms with Crippen LogP contribution in [0, 0.1) is 0 Å². The summed E-state index contributed by atoms with van der Waals surface area (Å²) < 4.78 is 3.06. The van der Waals surface area contributed by atoms with Crippen LogP contribution in [0.15, 0.2) is 39.8 Å². The molecular weight excluding hydrogens is 334 g/mol. The molecule has 1 aliphatic heterocycles. The Kier molecular flexibility index (Phi) is 4.19. The molecule has 2 aromatic rings. The minimum atomic E-state index is 0.290. The van der Waals surface area contributed by atoms with E-state index in [-0.39, 0.29) is 6.04 Å². The molecule has 3 rings (SSSR count). The third-order valence-electron chi connectivity index (χ3n) is 3.80. The highest BCUT2D eigenvalue weighted by molar-refractivity contribution is 9.10. The van der Waals surface area contributed by atoms with E-state index in [0.717, 1.165) is 16.8 Å². The molecule has 0 radical (unpaired) electrons. The smallest absolute Gasteiger partial charge is 0.0698 e. The van der Waals surface area contributed by atoms with Gasteiger partial charge in [0.25, 0.3) is 0 Å². The summed E-state index contributed by atoms with van der Waals surface area (Å²) >= 11 is 5.60. The number of halogens is 1. The number of rotatable bonds is 4. The number of hydrogen-bond donors (Lipinski definition) is 1. The largest absolute Gasteiger partial charge is 0.308 e. The first-order valence-corrected chi connectivity index (χ1v) is 8.62. The maximum absolute atomic E-state index is 4.37. The average Bonchev–Trinajstić information content (AvgIpc) is 3.01. The predicted octanol–water partition coefficient (Wildman–Crippen LogP) is 3.72. The third-order valence-corrected chi connectivity index (χ3v) is 5.62. The van der Waals surface area contributed by atoms with Gasteiger partial charge in [0.05, 0.1) is 22.4 Å². The Bertz CT molecular complexity index is 591. The number of thioether (sulfide) groups is 1. The van der Waals surface area contributed by atoms with E-state index in [9.17, 15) is 0 Å². The molecule has 0 fully saturated rings. The first-order chi connectivity index (χ1) is 9.72. The van der Waals surface area contributed by atoms with Gasteiger partial charge in [-0.15, -0.1) is 11.8 Å². The van der Waals surface area contributed by atoms with Crippen LogP contribution in [0.4, 0.5) is 0 Å². The Morgan fingerprint density at radius 3 is 3.00 bits per heavy atom. The number of likely N-dealkylation sites (N-methyl/N-ethyl adjacent to an activating group) is 1. The fourth-order valence-electron chi connectivity index (χ4n) is 2.88. The Morgan fingerprint density at radius 2 is 2.30 bits per heavy atom. The topological polar surface area (TPSA) is 29.9 Å². The Labute approximate surface area is 132 Å². The molecule has 0 amide bonds. The second-order valence-electron chi connectivity index (χ2n) is 4.99. The second kappa shape index (κ2) is 5.92. The van der Waals surface area contributed by atoms with Crippen molar-refractivity contribution in [3.8, 4) is 0 Å². The lowest BCUT2D eigenvalue weighted by atomic mass is 9.91. The third kappa shape index (κ3) is 2.43. The van der Waals surface area contributed by atoms with Crippen LogP contribution >= 0.6 is 27.7 Å². The van der Waals surface area contributed by atoms with E-state index < -0.39 is 0 Å².